The lowest BCUT2D eigenvalue weighted by Crippen LogP contribution is -2.52. The zero-order chi connectivity index (χ0) is 16.0. The highest BCUT2D eigenvalue weighted by atomic mass is 16.6. The third kappa shape index (κ3) is 10.0. The highest BCUT2D eigenvalue weighted by molar-refractivity contribution is 5.68. The molecule has 0 bridgehead atoms. The molecule has 120 valence electrons. The number of hydrogen-bond donors (Lipinski definition) is 2. The van der Waals surface area contributed by atoms with Crippen LogP contribution in [0.1, 0.15) is 54.9 Å². The Morgan fingerprint density at radius 2 is 1.60 bits per heavy atom. The van der Waals surface area contributed by atoms with Crippen LogP contribution in [-0.4, -0.2) is 43.0 Å². The first-order valence-electron chi connectivity index (χ1n) is 7.14. The minimum absolute atomic E-state index is 0.129. The fourth-order valence-corrected chi connectivity index (χ4v) is 1.52. The summed E-state index contributed by atoms with van der Waals surface area (Å²) < 4.78 is 10.6. The van der Waals surface area contributed by atoms with Gasteiger partial charge in [0.1, 0.15) is 5.60 Å². The monoisotopic (exact) mass is 288 g/mol. The average Bonchev–Trinajstić information content (AvgIpc) is 2.21. The summed E-state index contributed by atoms with van der Waals surface area (Å²) in [7, 11) is 1.72. The molecule has 5 nitrogen and oxygen atoms in total. The van der Waals surface area contributed by atoms with E-state index in [-0.39, 0.29) is 17.2 Å². The van der Waals surface area contributed by atoms with Gasteiger partial charge in [0, 0.05) is 13.7 Å². The molecule has 0 saturated heterocycles. The van der Waals surface area contributed by atoms with E-state index in [1.165, 1.54) is 0 Å². The fraction of sp³-hybridized carbons (Fsp3) is 0.933. The Morgan fingerprint density at radius 3 is 2.05 bits per heavy atom. The molecule has 0 aliphatic rings. The zero-order valence-electron chi connectivity index (χ0n) is 14.3. The van der Waals surface area contributed by atoms with Gasteiger partial charge in [0.05, 0.1) is 11.1 Å². The van der Waals surface area contributed by atoms with E-state index in [1.54, 1.807) is 7.11 Å². The molecule has 0 heterocycles. The second-order valence-electron chi connectivity index (χ2n) is 7.40. The van der Waals surface area contributed by atoms with E-state index in [0.717, 1.165) is 13.0 Å². The van der Waals surface area contributed by atoms with Crippen molar-refractivity contribution in [3.63, 3.8) is 0 Å². The fourth-order valence-electron chi connectivity index (χ4n) is 1.52. The summed E-state index contributed by atoms with van der Waals surface area (Å²) in [6, 6.07) is 0. The van der Waals surface area contributed by atoms with E-state index in [9.17, 15) is 4.79 Å². The highest BCUT2D eigenvalue weighted by Crippen LogP contribution is 2.12. The van der Waals surface area contributed by atoms with E-state index < -0.39 is 5.60 Å². The standard InChI is InChI=1S/C15H32N2O3/c1-13(2,3)20-12(18)17-14(4,5)11-16-10-9-15(6,7)19-8/h16H,9-11H2,1-8H3,(H,17,18). The molecule has 0 aromatic carbocycles. The predicted molar refractivity (Wildman–Crippen MR) is 82.0 cm³/mol. The predicted octanol–water partition coefficient (Wildman–Crippen LogP) is 2.69. The molecule has 2 N–H and O–H groups in total. The lowest BCUT2D eigenvalue weighted by Gasteiger charge is -2.29. The Bertz CT molecular complexity index is 307. The first kappa shape index (κ1) is 19.2. The normalized spacial score (nSPS) is 13.2. The van der Waals surface area contributed by atoms with Crippen LogP contribution in [-0.2, 0) is 9.47 Å². The SMILES string of the molecule is COC(C)(C)CCNCC(C)(C)NC(=O)OC(C)(C)C. The van der Waals surface area contributed by atoms with Crippen molar-refractivity contribution < 1.29 is 14.3 Å². The Kier molecular flexibility index (Phi) is 6.98. The van der Waals surface area contributed by atoms with Gasteiger partial charge in [-0.2, -0.15) is 0 Å². The number of rotatable bonds is 7. The van der Waals surface area contributed by atoms with E-state index >= 15 is 0 Å². The average molecular weight is 288 g/mol. The van der Waals surface area contributed by atoms with Crippen molar-refractivity contribution in [2.75, 3.05) is 20.2 Å². The first-order chi connectivity index (χ1) is 8.87. The molecule has 0 fully saturated rings. The third-order valence-corrected chi connectivity index (χ3v) is 2.86. The molecule has 0 aromatic heterocycles. The number of nitrogens with one attached hydrogen (secondary N) is 2. The van der Waals surface area contributed by atoms with Crippen LogP contribution in [0.2, 0.25) is 0 Å². The van der Waals surface area contributed by atoms with Gasteiger partial charge in [-0.3, -0.25) is 0 Å². The Hall–Kier alpha value is -0.810. The van der Waals surface area contributed by atoms with Gasteiger partial charge in [0.25, 0.3) is 0 Å². The van der Waals surface area contributed by atoms with Gasteiger partial charge in [-0.05, 0) is 61.4 Å². The number of alkyl carbamates (subject to hydrolysis) is 1. The second kappa shape index (κ2) is 7.27. The summed E-state index contributed by atoms with van der Waals surface area (Å²) in [6.45, 7) is 15.1. The minimum Gasteiger partial charge on any atom is -0.444 e. The van der Waals surface area contributed by atoms with Gasteiger partial charge in [-0.25, -0.2) is 4.79 Å². The van der Waals surface area contributed by atoms with Crippen molar-refractivity contribution >= 4 is 6.09 Å². The molecule has 1 amide bonds. The van der Waals surface area contributed by atoms with Crippen LogP contribution in [0.4, 0.5) is 4.79 Å². The molecule has 20 heavy (non-hydrogen) atoms. The van der Waals surface area contributed by atoms with Gasteiger partial charge >= 0.3 is 6.09 Å². The molecule has 0 atom stereocenters. The van der Waals surface area contributed by atoms with Gasteiger partial charge in [-0.15, -0.1) is 0 Å². The molecule has 0 spiro atoms. The van der Waals surface area contributed by atoms with E-state index in [2.05, 4.69) is 24.5 Å². The number of hydrogen-bond acceptors (Lipinski definition) is 4. The largest absolute Gasteiger partial charge is 0.444 e. The van der Waals surface area contributed by atoms with Crippen LogP contribution in [0.15, 0.2) is 0 Å². The maximum absolute atomic E-state index is 11.7. The van der Waals surface area contributed by atoms with Gasteiger partial charge in [0.15, 0.2) is 0 Å². The maximum Gasteiger partial charge on any atom is 0.408 e. The van der Waals surface area contributed by atoms with E-state index in [0.29, 0.717) is 6.54 Å². The van der Waals surface area contributed by atoms with Crippen molar-refractivity contribution in [2.45, 2.75) is 71.6 Å². The van der Waals surface area contributed by atoms with E-state index in [4.69, 9.17) is 9.47 Å². The van der Waals surface area contributed by atoms with Gasteiger partial charge < -0.3 is 20.1 Å². The van der Waals surface area contributed by atoms with Crippen LogP contribution in [0.3, 0.4) is 0 Å². The van der Waals surface area contributed by atoms with Crippen molar-refractivity contribution in [3.8, 4) is 0 Å². The Morgan fingerprint density at radius 1 is 1.05 bits per heavy atom. The number of amides is 1. The summed E-state index contributed by atoms with van der Waals surface area (Å²) in [5.74, 6) is 0. The summed E-state index contributed by atoms with van der Waals surface area (Å²) in [5.41, 5.74) is -0.967. The molecule has 0 radical (unpaired) electrons. The molecular weight excluding hydrogens is 256 g/mol. The number of methoxy groups -OCH3 is 1. The van der Waals surface area contributed by atoms with Crippen LogP contribution in [0.5, 0.6) is 0 Å². The summed E-state index contributed by atoms with van der Waals surface area (Å²) in [5, 5.41) is 6.20. The molecule has 0 aliphatic heterocycles. The summed E-state index contributed by atoms with van der Waals surface area (Å²) >= 11 is 0. The van der Waals surface area contributed by atoms with Crippen molar-refractivity contribution in [3.05, 3.63) is 0 Å². The lowest BCUT2D eigenvalue weighted by atomic mass is 10.0. The molecule has 0 aliphatic carbocycles. The molecule has 0 saturated carbocycles. The molecule has 0 aromatic rings. The van der Waals surface area contributed by atoms with Gasteiger partial charge in [0.2, 0.25) is 0 Å². The van der Waals surface area contributed by atoms with Crippen LogP contribution in [0.25, 0.3) is 0 Å². The molecular formula is C15H32N2O3. The van der Waals surface area contributed by atoms with Crippen molar-refractivity contribution in [2.24, 2.45) is 0 Å². The quantitative estimate of drug-likeness (QED) is 0.707. The second-order valence-corrected chi connectivity index (χ2v) is 7.40. The molecule has 0 unspecified atom stereocenters. The summed E-state index contributed by atoms with van der Waals surface area (Å²) in [4.78, 5) is 11.7. The third-order valence-electron chi connectivity index (χ3n) is 2.86. The van der Waals surface area contributed by atoms with Crippen molar-refractivity contribution in [1.82, 2.24) is 10.6 Å². The molecule has 0 rings (SSSR count). The summed E-state index contributed by atoms with van der Waals surface area (Å²) in [6.07, 6.45) is 0.521. The Labute approximate surface area is 123 Å². The maximum atomic E-state index is 11.7. The van der Waals surface area contributed by atoms with Crippen LogP contribution >= 0.6 is 0 Å². The number of ether oxygens (including phenoxy) is 2. The van der Waals surface area contributed by atoms with Crippen LogP contribution in [0, 0.1) is 0 Å². The topological polar surface area (TPSA) is 59.6 Å². The van der Waals surface area contributed by atoms with E-state index in [1.807, 2.05) is 34.6 Å². The Balaban J connectivity index is 4.05. The van der Waals surface area contributed by atoms with Gasteiger partial charge in [-0.1, -0.05) is 0 Å². The zero-order valence-corrected chi connectivity index (χ0v) is 14.3. The number of carbonyl (C=O) groups is 1. The molecule has 5 heteroatoms. The number of carbonyl (C=O) groups excluding carboxylic acids is 1. The minimum atomic E-state index is -0.476. The first-order valence-corrected chi connectivity index (χ1v) is 7.14. The lowest BCUT2D eigenvalue weighted by molar-refractivity contribution is 0.0154. The van der Waals surface area contributed by atoms with Crippen LogP contribution < -0.4 is 10.6 Å². The van der Waals surface area contributed by atoms with Crippen molar-refractivity contribution in [1.29, 1.82) is 0 Å². The highest BCUT2D eigenvalue weighted by Gasteiger charge is 2.24. The smallest absolute Gasteiger partial charge is 0.408 e.